The first-order valence-electron chi connectivity index (χ1n) is 6.63. The van der Waals surface area contributed by atoms with E-state index in [2.05, 4.69) is 27.9 Å². The standard InChI is InChI=1S/C16H15FINO3/c1-3-22-15-12(18)8-10(9-14(15)21-2)16(20)19-13-7-5-4-6-11(13)17/h4-9H,3H2,1-2H3,(H,19,20). The monoisotopic (exact) mass is 415 g/mol. The SMILES string of the molecule is CCOc1c(I)cc(C(=O)Nc2ccccc2F)cc1OC. The zero-order valence-corrected chi connectivity index (χ0v) is 14.3. The maximum atomic E-state index is 13.6. The van der Waals surface area contributed by atoms with Crippen molar-refractivity contribution in [3.05, 3.63) is 51.3 Å². The summed E-state index contributed by atoms with van der Waals surface area (Å²) < 4.78 is 25.1. The normalized spacial score (nSPS) is 10.2. The number of rotatable bonds is 5. The highest BCUT2D eigenvalue weighted by atomic mass is 127. The van der Waals surface area contributed by atoms with Crippen molar-refractivity contribution in [2.24, 2.45) is 0 Å². The molecule has 0 radical (unpaired) electrons. The van der Waals surface area contributed by atoms with Crippen LogP contribution in [-0.2, 0) is 0 Å². The van der Waals surface area contributed by atoms with E-state index >= 15 is 0 Å². The van der Waals surface area contributed by atoms with Gasteiger partial charge in [-0.2, -0.15) is 0 Å². The Bertz CT molecular complexity index is 691. The lowest BCUT2D eigenvalue weighted by molar-refractivity contribution is 0.102. The van der Waals surface area contributed by atoms with E-state index in [0.29, 0.717) is 23.7 Å². The van der Waals surface area contributed by atoms with Gasteiger partial charge < -0.3 is 14.8 Å². The highest BCUT2D eigenvalue weighted by Crippen LogP contribution is 2.34. The fraction of sp³-hybridized carbons (Fsp3) is 0.188. The second-order valence-corrected chi connectivity index (χ2v) is 5.52. The number of hydrogen-bond donors (Lipinski definition) is 1. The highest BCUT2D eigenvalue weighted by molar-refractivity contribution is 14.1. The van der Waals surface area contributed by atoms with Crippen LogP contribution in [0, 0.1) is 9.39 Å². The van der Waals surface area contributed by atoms with Gasteiger partial charge in [-0.15, -0.1) is 0 Å². The number of halogens is 2. The van der Waals surface area contributed by atoms with Gasteiger partial charge in [-0.25, -0.2) is 4.39 Å². The predicted octanol–water partition coefficient (Wildman–Crippen LogP) is 4.09. The Morgan fingerprint density at radius 2 is 2.05 bits per heavy atom. The molecule has 0 aliphatic carbocycles. The van der Waals surface area contributed by atoms with Gasteiger partial charge in [-0.1, -0.05) is 12.1 Å². The molecule has 6 heteroatoms. The largest absolute Gasteiger partial charge is 0.493 e. The first-order chi connectivity index (χ1) is 10.6. The van der Waals surface area contributed by atoms with Gasteiger partial charge in [0, 0.05) is 5.56 Å². The first kappa shape index (κ1) is 16.5. The van der Waals surface area contributed by atoms with E-state index in [1.165, 1.54) is 19.2 Å². The number of carbonyl (C=O) groups is 1. The molecule has 0 spiro atoms. The molecule has 0 aliphatic heterocycles. The second kappa shape index (κ2) is 7.44. The number of methoxy groups -OCH3 is 1. The molecule has 0 saturated heterocycles. The van der Waals surface area contributed by atoms with Crippen LogP contribution in [0.5, 0.6) is 11.5 Å². The van der Waals surface area contributed by atoms with Crippen molar-refractivity contribution in [3.8, 4) is 11.5 Å². The molecule has 0 fully saturated rings. The van der Waals surface area contributed by atoms with E-state index in [-0.39, 0.29) is 5.69 Å². The zero-order chi connectivity index (χ0) is 16.1. The molecule has 0 bridgehead atoms. The van der Waals surface area contributed by atoms with Crippen molar-refractivity contribution in [1.82, 2.24) is 0 Å². The lowest BCUT2D eigenvalue weighted by Gasteiger charge is -2.13. The summed E-state index contributed by atoms with van der Waals surface area (Å²) in [5.74, 6) is 0.160. The molecule has 0 aromatic heterocycles. The third-order valence-electron chi connectivity index (χ3n) is 2.90. The summed E-state index contributed by atoms with van der Waals surface area (Å²) in [5.41, 5.74) is 0.503. The topological polar surface area (TPSA) is 47.6 Å². The van der Waals surface area contributed by atoms with Gasteiger partial charge in [0.1, 0.15) is 5.82 Å². The third-order valence-corrected chi connectivity index (χ3v) is 3.70. The van der Waals surface area contributed by atoms with Gasteiger partial charge in [-0.05, 0) is 53.8 Å². The average molecular weight is 415 g/mol. The Kier molecular flexibility index (Phi) is 5.59. The molecule has 2 rings (SSSR count). The smallest absolute Gasteiger partial charge is 0.255 e. The van der Waals surface area contributed by atoms with E-state index in [1.807, 2.05) is 6.92 Å². The molecular formula is C16H15FINO3. The molecule has 2 aromatic carbocycles. The van der Waals surface area contributed by atoms with Crippen molar-refractivity contribution < 1.29 is 18.7 Å². The Morgan fingerprint density at radius 3 is 2.68 bits per heavy atom. The molecule has 2 aromatic rings. The number of amides is 1. The van der Waals surface area contributed by atoms with Crippen molar-refractivity contribution in [3.63, 3.8) is 0 Å². The quantitative estimate of drug-likeness (QED) is 0.749. The lowest BCUT2D eigenvalue weighted by atomic mass is 10.1. The summed E-state index contributed by atoms with van der Waals surface area (Å²) in [6.45, 7) is 2.36. The number of carbonyl (C=O) groups excluding carboxylic acids is 1. The van der Waals surface area contributed by atoms with Crippen LogP contribution >= 0.6 is 22.6 Å². The maximum absolute atomic E-state index is 13.6. The predicted molar refractivity (Wildman–Crippen MR) is 91.2 cm³/mol. The van der Waals surface area contributed by atoms with Crippen molar-refractivity contribution >= 4 is 34.2 Å². The van der Waals surface area contributed by atoms with E-state index in [1.54, 1.807) is 24.3 Å². The van der Waals surface area contributed by atoms with Crippen LogP contribution in [-0.4, -0.2) is 19.6 Å². The van der Waals surface area contributed by atoms with Crippen LogP contribution in [0.2, 0.25) is 0 Å². The molecule has 0 atom stereocenters. The van der Waals surface area contributed by atoms with Gasteiger partial charge in [0.2, 0.25) is 0 Å². The fourth-order valence-electron chi connectivity index (χ4n) is 1.89. The zero-order valence-electron chi connectivity index (χ0n) is 12.2. The highest BCUT2D eigenvalue weighted by Gasteiger charge is 2.16. The van der Waals surface area contributed by atoms with Gasteiger partial charge in [0.25, 0.3) is 5.91 Å². The summed E-state index contributed by atoms with van der Waals surface area (Å²) in [6.07, 6.45) is 0. The van der Waals surface area contributed by atoms with E-state index in [9.17, 15) is 9.18 Å². The lowest BCUT2D eigenvalue weighted by Crippen LogP contribution is -2.13. The van der Waals surface area contributed by atoms with Gasteiger partial charge in [0.05, 0.1) is 23.0 Å². The molecule has 4 nitrogen and oxygen atoms in total. The molecule has 0 aliphatic rings. The number of ether oxygens (including phenoxy) is 2. The first-order valence-corrected chi connectivity index (χ1v) is 7.71. The molecule has 1 amide bonds. The van der Waals surface area contributed by atoms with Crippen molar-refractivity contribution in [1.29, 1.82) is 0 Å². The summed E-state index contributed by atoms with van der Waals surface area (Å²) >= 11 is 2.07. The van der Waals surface area contributed by atoms with E-state index in [4.69, 9.17) is 9.47 Å². The maximum Gasteiger partial charge on any atom is 0.255 e. The minimum Gasteiger partial charge on any atom is -0.493 e. The van der Waals surface area contributed by atoms with Crippen molar-refractivity contribution in [2.75, 3.05) is 19.0 Å². The van der Waals surface area contributed by atoms with Gasteiger partial charge in [0.15, 0.2) is 11.5 Å². The minimum atomic E-state index is -0.483. The molecule has 0 saturated carbocycles. The average Bonchev–Trinajstić information content (AvgIpc) is 2.51. The fourth-order valence-corrected chi connectivity index (χ4v) is 2.65. The van der Waals surface area contributed by atoms with Gasteiger partial charge >= 0.3 is 0 Å². The molecular weight excluding hydrogens is 400 g/mol. The van der Waals surface area contributed by atoms with Crippen molar-refractivity contribution in [2.45, 2.75) is 6.92 Å². The Hall–Kier alpha value is -1.83. The van der Waals surface area contributed by atoms with Crippen LogP contribution in [0.25, 0.3) is 0 Å². The van der Waals surface area contributed by atoms with Crippen LogP contribution in [0.15, 0.2) is 36.4 Å². The third kappa shape index (κ3) is 3.68. The number of para-hydroxylation sites is 1. The van der Waals surface area contributed by atoms with Crippen LogP contribution < -0.4 is 14.8 Å². The molecule has 22 heavy (non-hydrogen) atoms. The molecule has 116 valence electrons. The Balaban J connectivity index is 2.30. The summed E-state index contributed by atoms with van der Waals surface area (Å²) in [7, 11) is 1.51. The molecule has 0 unspecified atom stereocenters. The van der Waals surface area contributed by atoms with E-state index < -0.39 is 11.7 Å². The minimum absolute atomic E-state index is 0.135. The van der Waals surface area contributed by atoms with Gasteiger partial charge in [-0.3, -0.25) is 4.79 Å². The van der Waals surface area contributed by atoms with Crippen LogP contribution in [0.3, 0.4) is 0 Å². The second-order valence-electron chi connectivity index (χ2n) is 4.36. The number of anilines is 1. The summed E-state index contributed by atoms with van der Waals surface area (Å²) in [6, 6.07) is 9.25. The van der Waals surface area contributed by atoms with Crippen LogP contribution in [0.4, 0.5) is 10.1 Å². The molecule has 1 N–H and O–H groups in total. The van der Waals surface area contributed by atoms with E-state index in [0.717, 1.165) is 3.57 Å². The number of benzene rings is 2. The Morgan fingerprint density at radius 1 is 1.32 bits per heavy atom. The number of nitrogens with one attached hydrogen (secondary N) is 1. The Labute approximate surface area is 141 Å². The summed E-state index contributed by atoms with van der Waals surface area (Å²) in [4.78, 5) is 12.3. The summed E-state index contributed by atoms with van der Waals surface area (Å²) in [5, 5.41) is 2.54. The van der Waals surface area contributed by atoms with Crippen LogP contribution in [0.1, 0.15) is 17.3 Å². The number of hydrogen-bond acceptors (Lipinski definition) is 3. The molecule has 0 heterocycles.